The first-order valence-corrected chi connectivity index (χ1v) is 10.6. The van der Waals surface area contributed by atoms with Gasteiger partial charge >= 0.3 is 0 Å². The Morgan fingerprint density at radius 1 is 0.633 bits per heavy atom. The van der Waals surface area contributed by atoms with Gasteiger partial charge in [-0.1, -0.05) is 30.4 Å². The van der Waals surface area contributed by atoms with Gasteiger partial charge in [-0.15, -0.1) is 26.3 Å². The summed E-state index contributed by atoms with van der Waals surface area (Å²) in [6.45, 7) is 25.4. The molecular formula is C28H36N2. The van der Waals surface area contributed by atoms with Crippen molar-refractivity contribution in [3.05, 3.63) is 109 Å². The van der Waals surface area contributed by atoms with Gasteiger partial charge in [0.1, 0.15) is 0 Å². The fourth-order valence-electron chi connectivity index (χ4n) is 3.89. The second kappa shape index (κ2) is 11.3. The third-order valence-electron chi connectivity index (χ3n) is 5.50. The van der Waals surface area contributed by atoms with E-state index in [1.54, 1.807) is 0 Å². The fraction of sp³-hybridized carbons (Fsp3) is 0.286. The van der Waals surface area contributed by atoms with Crippen LogP contribution in [0.4, 0.5) is 11.4 Å². The van der Waals surface area contributed by atoms with E-state index >= 15 is 0 Å². The van der Waals surface area contributed by atoms with Crippen LogP contribution in [0.1, 0.15) is 27.8 Å². The zero-order chi connectivity index (χ0) is 22.1. The molecule has 0 aliphatic carbocycles. The first kappa shape index (κ1) is 23.3. The second-order valence-corrected chi connectivity index (χ2v) is 7.81. The smallest absolute Gasteiger partial charge is 0.0377 e. The van der Waals surface area contributed by atoms with Crippen molar-refractivity contribution in [2.75, 3.05) is 36.0 Å². The molecule has 0 aliphatic rings. The summed E-state index contributed by atoms with van der Waals surface area (Å²) in [7, 11) is 0. The van der Waals surface area contributed by atoms with E-state index in [0.717, 1.165) is 32.6 Å². The van der Waals surface area contributed by atoms with Crippen LogP contribution in [0, 0.1) is 20.8 Å². The van der Waals surface area contributed by atoms with Gasteiger partial charge < -0.3 is 9.80 Å². The molecule has 158 valence electrons. The first-order chi connectivity index (χ1) is 14.4. The molecule has 0 bridgehead atoms. The lowest BCUT2D eigenvalue weighted by atomic mass is 9.93. The standard InChI is InChI=1S/C28H36N2/c1-8-14-29(15-9-2)26-13-12-25(22(5)18-26)21-28-23(6)19-27(20-24(28)7)30(16-10-3)17-11-4/h8-13,18-20H,1-4,14-17,21H2,5-7H3. The van der Waals surface area contributed by atoms with Crippen molar-refractivity contribution < 1.29 is 0 Å². The molecule has 0 fully saturated rings. The normalized spacial score (nSPS) is 10.4. The molecule has 0 aromatic heterocycles. The molecule has 0 amide bonds. The molecule has 0 unspecified atom stereocenters. The molecule has 2 heteroatoms. The molecule has 0 spiro atoms. The molecule has 2 aromatic rings. The van der Waals surface area contributed by atoms with Crippen LogP contribution in [0.3, 0.4) is 0 Å². The Hall–Kier alpha value is -3.00. The van der Waals surface area contributed by atoms with Gasteiger partial charge in [0, 0.05) is 37.6 Å². The van der Waals surface area contributed by atoms with E-state index in [1.165, 1.54) is 39.2 Å². The highest BCUT2D eigenvalue weighted by Crippen LogP contribution is 2.28. The van der Waals surface area contributed by atoms with E-state index < -0.39 is 0 Å². The van der Waals surface area contributed by atoms with Crippen LogP contribution in [0.25, 0.3) is 0 Å². The van der Waals surface area contributed by atoms with Crippen LogP contribution in [-0.2, 0) is 6.42 Å². The van der Waals surface area contributed by atoms with Gasteiger partial charge in [-0.05, 0) is 79.3 Å². The maximum Gasteiger partial charge on any atom is 0.0377 e. The summed E-state index contributed by atoms with van der Waals surface area (Å²) in [4.78, 5) is 4.56. The molecule has 0 heterocycles. The zero-order valence-corrected chi connectivity index (χ0v) is 19.0. The number of nitrogens with zero attached hydrogens (tertiary/aromatic N) is 2. The maximum atomic E-state index is 3.89. The summed E-state index contributed by atoms with van der Waals surface area (Å²) in [6, 6.07) is 11.3. The molecule has 0 saturated heterocycles. The van der Waals surface area contributed by atoms with Gasteiger partial charge in [0.05, 0.1) is 0 Å². The first-order valence-electron chi connectivity index (χ1n) is 10.6. The Kier molecular flexibility index (Phi) is 8.73. The Morgan fingerprint density at radius 2 is 1.07 bits per heavy atom. The van der Waals surface area contributed by atoms with Gasteiger partial charge in [0.15, 0.2) is 0 Å². The summed E-state index contributed by atoms with van der Waals surface area (Å²) in [5.74, 6) is 0. The van der Waals surface area contributed by atoms with Crippen molar-refractivity contribution in [2.45, 2.75) is 27.2 Å². The van der Waals surface area contributed by atoms with E-state index in [1.807, 2.05) is 24.3 Å². The van der Waals surface area contributed by atoms with Crippen LogP contribution in [0.2, 0.25) is 0 Å². The monoisotopic (exact) mass is 400 g/mol. The summed E-state index contributed by atoms with van der Waals surface area (Å²) in [6.07, 6.45) is 8.69. The lowest BCUT2D eigenvalue weighted by Gasteiger charge is -2.25. The number of aryl methyl sites for hydroxylation is 3. The largest absolute Gasteiger partial charge is 0.364 e. The van der Waals surface area contributed by atoms with Gasteiger partial charge in [-0.3, -0.25) is 0 Å². The number of rotatable bonds is 12. The van der Waals surface area contributed by atoms with Crippen LogP contribution < -0.4 is 9.80 Å². The highest BCUT2D eigenvalue weighted by Gasteiger charge is 2.12. The predicted octanol–water partition coefficient (Wildman–Crippen LogP) is 6.56. The lowest BCUT2D eigenvalue weighted by Crippen LogP contribution is -2.23. The van der Waals surface area contributed by atoms with E-state index in [-0.39, 0.29) is 0 Å². The number of hydrogen-bond donors (Lipinski definition) is 0. The Bertz CT molecular complexity index is 864. The molecule has 2 rings (SSSR count). The summed E-state index contributed by atoms with van der Waals surface area (Å²) in [5, 5.41) is 0. The Labute approximate surface area is 183 Å². The third kappa shape index (κ3) is 5.76. The van der Waals surface area contributed by atoms with Crippen molar-refractivity contribution >= 4 is 11.4 Å². The molecule has 2 nitrogen and oxygen atoms in total. The lowest BCUT2D eigenvalue weighted by molar-refractivity contribution is 0.947. The van der Waals surface area contributed by atoms with Gasteiger partial charge in [-0.2, -0.15) is 0 Å². The number of benzene rings is 2. The molecule has 0 aliphatic heterocycles. The summed E-state index contributed by atoms with van der Waals surface area (Å²) < 4.78 is 0. The molecule has 0 radical (unpaired) electrons. The minimum atomic E-state index is 0.816. The van der Waals surface area contributed by atoms with E-state index in [0.29, 0.717) is 0 Å². The van der Waals surface area contributed by atoms with Crippen LogP contribution in [0.15, 0.2) is 81.0 Å². The van der Waals surface area contributed by atoms with Crippen LogP contribution in [0.5, 0.6) is 0 Å². The third-order valence-corrected chi connectivity index (χ3v) is 5.50. The van der Waals surface area contributed by atoms with Crippen molar-refractivity contribution in [2.24, 2.45) is 0 Å². The highest BCUT2D eigenvalue weighted by molar-refractivity contribution is 5.57. The predicted molar refractivity (Wildman–Crippen MR) is 135 cm³/mol. The molecule has 2 aromatic carbocycles. The minimum Gasteiger partial charge on any atom is -0.364 e. The van der Waals surface area contributed by atoms with E-state index in [9.17, 15) is 0 Å². The van der Waals surface area contributed by atoms with Crippen molar-refractivity contribution in [1.82, 2.24) is 0 Å². The molecule has 30 heavy (non-hydrogen) atoms. The summed E-state index contributed by atoms with van der Waals surface area (Å²) in [5.41, 5.74) is 9.17. The molecular weight excluding hydrogens is 364 g/mol. The maximum absolute atomic E-state index is 3.89. The fourth-order valence-corrected chi connectivity index (χ4v) is 3.89. The summed E-state index contributed by atoms with van der Waals surface area (Å²) >= 11 is 0. The van der Waals surface area contributed by atoms with Crippen LogP contribution in [-0.4, -0.2) is 26.2 Å². The highest BCUT2D eigenvalue weighted by atomic mass is 15.1. The van der Waals surface area contributed by atoms with Gasteiger partial charge in [-0.25, -0.2) is 0 Å². The SMILES string of the molecule is C=CCN(CC=C)c1ccc(Cc2c(C)cc(N(CC=C)CC=C)cc2C)c(C)c1. The Morgan fingerprint density at radius 3 is 1.50 bits per heavy atom. The number of hydrogen-bond acceptors (Lipinski definition) is 2. The van der Waals surface area contributed by atoms with Crippen molar-refractivity contribution in [1.29, 1.82) is 0 Å². The zero-order valence-electron chi connectivity index (χ0n) is 19.0. The average molecular weight is 401 g/mol. The van der Waals surface area contributed by atoms with Crippen LogP contribution >= 0.6 is 0 Å². The molecule has 0 N–H and O–H groups in total. The van der Waals surface area contributed by atoms with E-state index in [4.69, 9.17) is 0 Å². The quantitative estimate of drug-likeness (QED) is 0.372. The van der Waals surface area contributed by atoms with Gasteiger partial charge in [0.2, 0.25) is 0 Å². The molecule has 0 atom stereocenters. The van der Waals surface area contributed by atoms with Crippen molar-refractivity contribution in [3.8, 4) is 0 Å². The second-order valence-electron chi connectivity index (χ2n) is 7.81. The Balaban J connectivity index is 2.31. The van der Waals surface area contributed by atoms with Gasteiger partial charge in [0.25, 0.3) is 0 Å². The average Bonchev–Trinajstić information content (AvgIpc) is 2.71. The van der Waals surface area contributed by atoms with Crippen molar-refractivity contribution in [3.63, 3.8) is 0 Å². The van der Waals surface area contributed by atoms with E-state index in [2.05, 4.69) is 87.2 Å². The number of anilines is 2. The molecule has 0 saturated carbocycles. The topological polar surface area (TPSA) is 6.48 Å². The minimum absolute atomic E-state index is 0.816.